The third kappa shape index (κ3) is 34.5. The number of hydrogen-bond donors (Lipinski definition) is 4. The summed E-state index contributed by atoms with van der Waals surface area (Å²) in [5, 5.41) is 33.0. The molecule has 0 bridgehead atoms. The Bertz CT molecular complexity index is 694. The van der Waals surface area contributed by atoms with Crippen molar-refractivity contribution in [2.45, 2.75) is 231 Å². The largest absolute Gasteiger partial charge is 0.394 e. The van der Waals surface area contributed by atoms with Crippen LogP contribution in [0, 0.1) is 0 Å². The summed E-state index contributed by atoms with van der Waals surface area (Å²) < 4.78 is 0. The van der Waals surface area contributed by atoms with Gasteiger partial charge in [-0.25, -0.2) is 0 Å². The number of carbonyl (C=O) groups excluding carboxylic acids is 1. The van der Waals surface area contributed by atoms with Gasteiger partial charge < -0.3 is 20.6 Å². The molecule has 0 saturated carbocycles. The van der Waals surface area contributed by atoms with Gasteiger partial charge in [0.15, 0.2) is 0 Å². The molecule has 0 rings (SSSR count). The normalized spacial score (nSPS) is 13.9. The smallest absolute Gasteiger partial charge is 0.222 e. The average Bonchev–Trinajstić information content (AvgIpc) is 3.06. The van der Waals surface area contributed by atoms with Gasteiger partial charge in [0.25, 0.3) is 0 Å². The molecule has 0 aromatic heterocycles. The fourth-order valence-electron chi connectivity index (χ4n) is 6.30. The Labute approximate surface area is 292 Å². The Morgan fingerprint density at radius 1 is 0.532 bits per heavy atom. The molecule has 0 radical (unpaired) electrons. The topological polar surface area (TPSA) is 89.8 Å². The fraction of sp³-hybridized carbons (Fsp3) is 0.881. The number of amides is 1. The number of rotatable bonds is 37. The third-order valence-electron chi connectivity index (χ3n) is 9.49. The van der Waals surface area contributed by atoms with Crippen LogP contribution in [-0.2, 0) is 4.79 Å². The van der Waals surface area contributed by atoms with Crippen LogP contribution in [-0.4, -0.2) is 46.1 Å². The van der Waals surface area contributed by atoms with Crippen molar-refractivity contribution in [2.24, 2.45) is 0 Å². The van der Waals surface area contributed by atoms with Gasteiger partial charge in [0, 0.05) is 0 Å². The Balaban J connectivity index is 3.63. The van der Waals surface area contributed by atoms with Crippen LogP contribution in [0.1, 0.15) is 213 Å². The monoisotopic (exact) mass is 664 g/mol. The molecule has 0 spiro atoms. The summed E-state index contributed by atoms with van der Waals surface area (Å²) in [6.07, 6.45) is 44.6. The number of carbonyl (C=O) groups is 1. The fourth-order valence-corrected chi connectivity index (χ4v) is 6.30. The van der Waals surface area contributed by atoms with Gasteiger partial charge in [-0.1, -0.05) is 199 Å². The van der Waals surface area contributed by atoms with Gasteiger partial charge in [0.1, 0.15) is 0 Å². The maximum absolute atomic E-state index is 12.4. The highest BCUT2D eigenvalue weighted by Gasteiger charge is 2.20. The number of hydrogen-bond acceptors (Lipinski definition) is 4. The molecule has 3 unspecified atom stereocenters. The predicted molar refractivity (Wildman–Crippen MR) is 204 cm³/mol. The van der Waals surface area contributed by atoms with Crippen molar-refractivity contribution in [2.75, 3.05) is 6.61 Å². The minimum Gasteiger partial charge on any atom is -0.394 e. The first-order valence-electron chi connectivity index (χ1n) is 20.6. The summed E-state index contributed by atoms with van der Waals surface area (Å²) in [4.78, 5) is 12.4. The van der Waals surface area contributed by atoms with Gasteiger partial charge >= 0.3 is 0 Å². The summed E-state index contributed by atoms with van der Waals surface area (Å²) >= 11 is 0. The lowest BCUT2D eigenvalue weighted by Crippen LogP contribution is -2.45. The van der Waals surface area contributed by atoms with Crippen molar-refractivity contribution in [3.05, 3.63) is 24.3 Å². The molecule has 0 heterocycles. The van der Waals surface area contributed by atoms with E-state index in [2.05, 4.69) is 31.3 Å². The average molecular weight is 664 g/mol. The summed E-state index contributed by atoms with van der Waals surface area (Å²) in [6, 6.07) is -0.755. The summed E-state index contributed by atoms with van der Waals surface area (Å²) in [7, 11) is 0. The molecule has 47 heavy (non-hydrogen) atoms. The number of nitrogens with one attached hydrogen (secondary N) is 1. The Morgan fingerprint density at radius 2 is 0.915 bits per heavy atom. The molecule has 1 amide bonds. The first-order valence-corrected chi connectivity index (χ1v) is 20.6. The van der Waals surface area contributed by atoms with Crippen LogP contribution in [0.25, 0.3) is 0 Å². The van der Waals surface area contributed by atoms with Gasteiger partial charge in [0.2, 0.25) is 5.91 Å². The summed E-state index contributed by atoms with van der Waals surface area (Å²) in [5.41, 5.74) is 0. The molecule has 0 aliphatic heterocycles. The van der Waals surface area contributed by atoms with Crippen molar-refractivity contribution in [1.82, 2.24) is 5.32 Å². The predicted octanol–water partition coefficient (Wildman–Crippen LogP) is 11.4. The molecule has 0 aliphatic rings. The Morgan fingerprint density at radius 3 is 1.36 bits per heavy atom. The lowest BCUT2D eigenvalue weighted by atomic mass is 10.0. The molecule has 5 heteroatoms. The standard InChI is InChI=1S/C42H81NO4/c1-3-5-7-9-11-13-15-16-17-18-19-20-21-22-23-24-26-27-29-31-33-35-39(45)37-42(47)43-40(38-44)41(46)36-34-32-30-28-25-14-12-10-8-6-4-2/h25,28,34,36,39-41,44-46H,3-24,26-27,29-33,35,37-38H2,1-2H3,(H,43,47)/b28-25+,36-34+. The van der Waals surface area contributed by atoms with Crippen molar-refractivity contribution < 1.29 is 20.1 Å². The number of unbranched alkanes of at least 4 members (excludes halogenated alkanes) is 26. The third-order valence-corrected chi connectivity index (χ3v) is 9.49. The maximum atomic E-state index is 12.4. The van der Waals surface area contributed by atoms with E-state index in [1.165, 1.54) is 154 Å². The highest BCUT2D eigenvalue weighted by atomic mass is 16.3. The van der Waals surface area contributed by atoms with E-state index in [0.717, 1.165) is 32.1 Å². The molecule has 4 N–H and O–H groups in total. The van der Waals surface area contributed by atoms with Crippen LogP contribution in [0.15, 0.2) is 24.3 Å². The minimum atomic E-state index is -0.946. The first kappa shape index (κ1) is 45.8. The zero-order valence-corrected chi connectivity index (χ0v) is 31.4. The van der Waals surface area contributed by atoms with Gasteiger partial charge in [-0.3, -0.25) is 4.79 Å². The lowest BCUT2D eigenvalue weighted by Gasteiger charge is -2.21. The number of aliphatic hydroxyl groups excluding tert-OH is 3. The Kier molecular flexibility index (Phi) is 36.7. The van der Waals surface area contributed by atoms with Crippen LogP contribution in [0.3, 0.4) is 0 Å². The van der Waals surface area contributed by atoms with E-state index in [1.54, 1.807) is 6.08 Å². The maximum Gasteiger partial charge on any atom is 0.222 e. The quantitative estimate of drug-likeness (QED) is 0.0393. The van der Waals surface area contributed by atoms with E-state index in [0.29, 0.717) is 6.42 Å². The number of aliphatic hydroxyl groups is 3. The minimum absolute atomic E-state index is 0.00929. The molecule has 0 saturated heterocycles. The lowest BCUT2D eigenvalue weighted by molar-refractivity contribution is -0.124. The molecular formula is C42H81NO4. The van der Waals surface area contributed by atoms with Crippen molar-refractivity contribution in [1.29, 1.82) is 0 Å². The van der Waals surface area contributed by atoms with Crippen molar-refractivity contribution in [3.63, 3.8) is 0 Å². The van der Waals surface area contributed by atoms with Gasteiger partial charge in [-0.15, -0.1) is 0 Å². The molecular weight excluding hydrogens is 582 g/mol. The Hall–Kier alpha value is -1.17. The second kappa shape index (κ2) is 37.6. The van der Waals surface area contributed by atoms with E-state index >= 15 is 0 Å². The van der Waals surface area contributed by atoms with Crippen LogP contribution in [0.4, 0.5) is 0 Å². The van der Waals surface area contributed by atoms with Gasteiger partial charge in [-0.2, -0.15) is 0 Å². The highest BCUT2D eigenvalue weighted by molar-refractivity contribution is 5.76. The van der Waals surface area contributed by atoms with E-state index in [-0.39, 0.29) is 18.9 Å². The van der Waals surface area contributed by atoms with Gasteiger partial charge in [-0.05, 0) is 32.1 Å². The van der Waals surface area contributed by atoms with E-state index in [4.69, 9.17) is 0 Å². The molecule has 0 aliphatic carbocycles. The van der Waals surface area contributed by atoms with Crippen LogP contribution in [0.2, 0.25) is 0 Å². The van der Waals surface area contributed by atoms with Crippen molar-refractivity contribution >= 4 is 5.91 Å². The van der Waals surface area contributed by atoms with Crippen LogP contribution in [0.5, 0.6) is 0 Å². The van der Waals surface area contributed by atoms with Crippen molar-refractivity contribution in [3.8, 4) is 0 Å². The summed E-state index contributed by atoms with van der Waals surface area (Å²) in [5.74, 6) is -0.325. The molecule has 0 aromatic carbocycles. The second-order valence-electron chi connectivity index (χ2n) is 14.2. The molecule has 0 aromatic rings. The number of allylic oxidation sites excluding steroid dienone is 3. The van der Waals surface area contributed by atoms with Gasteiger partial charge in [0.05, 0.1) is 31.3 Å². The zero-order valence-electron chi connectivity index (χ0n) is 31.4. The van der Waals surface area contributed by atoms with Crippen LogP contribution >= 0.6 is 0 Å². The highest BCUT2D eigenvalue weighted by Crippen LogP contribution is 2.16. The van der Waals surface area contributed by atoms with E-state index < -0.39 is 18.2 Å². The van der Waals surface area contributed by atoms with E-state index in [1.807, 2.05) is 6.08 Å². The molecule has 5 nitrogen and oxygen atoms in total. The first-order chi connectivity index (χ1) is 23.0. The zero-order chi connectivity index (χ0) is 34.5. The SMILES string of the molecule is CCCCCCC/C=C/CC/C=C/C(O)C(CO)NC(=O)CC(O)CCCCCCCCCCCCCCCCCCCCCCC. The molecule has 0 fully saturated rings. The second-order valence-corrected chi connectivity index (χ2v) is 14.2. The molecule has 3 atom stereocenters. The van der Waals surface area contributed by atoms with Crippen LogP contribution < -0.4 is 5.32 Å². The van der Waals surface area contributed by atoms with E-state index in [9.17, 15) is 20.1 Å². The summed E-state index contributed by atoms with van der Waals surface area (Å²) in [6.45, 7) is 4.18. The molecule has 278 valence electrons.